The number of nitrogens with zero attached hydrogens (tertiary/aromatic N) is 2. The first kappa shape index (κ1) is 42.7. The second-order valence-corrected chi connectivity index (χ2v) is 20.7. The molecule has 4 heterocycles. The molecule has 4 fully saturated rings. The minimum atomic E-state index is -0.0411. The molecule has 8 heteroatoms. The highest BCUT2D eigenvalue weighted by molar-refractivity contribution is 6.06. The fourth-order valence-electron chi connectivity index (χ4n) is 13.9. The molecule has 11 rings (SSSR count). The van der Waals surface area contributed by atoms with E-state index in [2.05, 4.69) is 128 Å². The summed E-state index contributed by atoms with van der Waals surface area (Å²) in [6, 6.07) is 38.7. The standard InChI is InChI=1S/C57H70N6O2/c64-56(60-40-23-19-38(20-24-40)32-36-62-52-27-28-53(62)49-15-6-5-14-48(49)52)58-34-9-18-46-42-10-1-3-12-44(42)47(45-13-4-2-11-43(45)46)31-35-59-57(65)61-41-25-21-39(22-26-41)33-37-63-54-29-30-55(63)51-17-8-7-16-50(51)54/h1-8,10-17,38-41,52-55H,9,18-37H2,(H2,58,60,64)(H2,59,61,65). The number of nitrogens with one attached hydrogen (secondary N) is 4. The van der Waals surface area contributed by atoms with E-state index in [9.17, 15) is 9.59 Å². The molecular formula is C57H70N6O2. The molecule has 4 bridgehead atoms. The van der Waals surface area contributed by atoms with Crippen molar-refractivity contribution >= 4 is 33.6 Å². The van der Waals surface area contributed by atoms with Crippen LogP contribution in [-0.2, 0) is 12.8 Å². The van der Waals surface area contributed by atoms with Crippen molar-refractivity contribution in [3.63, 3.8) is 0 Å². The molecule has 4 atom stereocenters. The molecule has 4 amide bonds. The molecule has 2 saturated carbocycles. The lowest BCUT2D eigenvalue weighted by Crippen LogP contribution is -2.44. The van der Waals surface area contributed by atoms with Crippen molar-refractivity contribution in [3.05, 3.63) is 130 Å². The third-order valence-electron chi connectivity index (χ3n) is 17.1. The zero-order chi connectivity index (χ0) is 43.7. The number of aryl methyl sites for hydroxylation is 1. The van der Waals surface area contributed by atoms with Crippen LogP contribution in [0.25, 0.3) is 21.5 Å². The SMILES string of the molecule is O=C(NCCCc1c2ccccc2c(CCNC(=O)NC2CCC(CCN3C4CCC3c3ccccc34)CC2)c2ccccc12)NC1CCC(CCN2C3CCC2c2ccccc23)CC1. The molecule has 4 aliphatic heterocycles. The minimum absolute atomic E-state index is 0.0274. The van der Waals surface area contributed by atoms with Crippen molar-refractivity contribution < 1.29 is 9.59 Å². The number of carbonyl (C=O) groups is 2. The van der Waals surface area contributed by atoms with Crippen LogP contribution >= 0.6 is 0 Å². The first-order valence-electron chi connectivity index (χ1n) is 25.7. The maximum Gasteiger partial charge on any atom is 0.315 e. The molecule has 4 N–H and O–H groups in total. The minimum Gasteiger partial charge on any atom is -0.338 e. The van der Waals surface area contributed by atoms with Gasteiger partial charge in [-0.15, -0.1) is 0 Å². The van der Waals surface area contributed by atoms with Gasteiger partial charge in [0.15, 0.2) is 0 Å². The van der Waals surface area contributed by atoms with E-state index in [0.717, 1.165) is 56.8 Å². The summed E-state index contributed by atoms with van der Waals surface area (Å²) >= 11 is 0. The summed E-state index contributed by atoms with van der Waals surface area (Å²) in [4.78, 5) is 31.9. The molecule has 8 nitrogen and oxygen atoms in total. The van der Waals surface area contributed by atoms with Gasteiger partial charge in [0.25, 0.3) is 0 Å². The van der Waals surface area contributed by atoms with Crippen LogP contribution in [0, 0.1) is 11.8 Å². The van der Waals surface area contributed by atoms with Crippen molar-refractivity contribution in [2.45, 2.75) is 145 Å². The lowest BCUT2D eigenvalue weighted by atomic mass is 9.84. The van der Waals surface area contributed by atoms with Crippen molar-refractivity contribution in [1.82, 2.24) is 31.1 Å². The Hall–Kier alpha value is -4.92. The van der Waals surface area contributed by atoms with Gasteiger partial charge in [-0.1, -0.05) is 97.1 Å². The van der Waals surface area contributed by atoms with Gasteiger partial charge in [-0.2, -0.15) is 0 Å². The molecule has 4 unspecified atom stereocenters. The molecule has 340 valence electrons. The topological polar surface area (TPSA) is 88.7 Å². The zero-order valence-corrected chi connectivity index (χ0v) is 38.4. The van der Waals surface area contributed by atoms with Gasteiger partial charge < -0.3 is 21.3 Å². The Morgan fingerprint density at radius 3 is 1.18 bits per heavy atom. The van der Waals surface area contributed by atoms with E-state index in [1.807, 2.05) is 0 Å². The Kier molecular flexibility index (Phi) is 12.6. The number of urea groups is 2. The predicted octanol–water partition coefficient (Wildman–Crippen LogP) is 11.7. The third-order valence-corrected chi connectivity index (χ3v) is 17.1. The van der Waals surface area contributed by atoms with Gasteiger partial charge in [0.05, 0.1) is 0 Å². The molecule has 0 radical (unpaired) electrons. The second kappa shape index (κ2) is 19.1. The number of carbonyl (C=O) groups excluding carboxylic acids is 2. The maximum absolute atomic E-state index is 13.2. The zero-order valence-electron chi connectivity index (χ0n) is 38.4. The predicted molar refractivity (Wildman–Crippen MR) is 263 cm³/mol. The van der Waals surface area contributed by atoms with E-state index in [1.54, 1.807) is 22.3 Å². The Morgan fingerprint density at radius 2 is 0.785 bits per heavy atom. The number of fused-ring (bicyclic) bond motifs is 12. The van der Waals surface area contributed by atoms with Gasteiger partial charge in [0.2, 0.25) is 0 Å². The Bertz CT molecular complexity index is 2370. The van der Waals surface area contributed by atoms with Crippen LogP contribution in [0.15, 0.2) is 97.1 Å². The number of rotatable bonds is 15. The van der Waals surface area contributed by atoms with Gasteiger partial charge in [0.1, 0.15) is 0 Å². The van der Waals surface area contributed by atoms with Crippen molar-refractivity contribution in [2.24, 2.45) is 11.8 Å². The van der Waals surface area contributed by atoms with E-state index in [0.29, 0.717) is 37.3 Å². The molecular weight excluding hydrogens is 801 g/mol. The van der Waals surface area contributed by atoms with Crippen molar-refractivity contribution in [1.29, 1.82) is 0 Å². The summed E-state index contributed by atoms with van der Waals surface area (Å²) in [6.45, 7) is 3.63. The number of hydrogen-bond acceptors (Lipinski definition) is 4. The summed E-state index contributed by atoms with van der Waals surface area (Å²) in [5.41, 5.74) is 8.93. The monoisotopic (exact) mass is 871 g/mol. The first-order chi connectivity index (χ1) is 32.1. The van der Waals surface area contributed by atoms with Crippen LogP contribution in [-0.4, -0.2) is 60.1 Å². The van der Waals surface area contributed by atoms with Gasteiger partial charge in [-0.25, -0.2) is 9.59 Å². The third kappa shape index (κ3) is 8.78. The second-order valence-electron chi connectivity index (χ2n) is 20.7. The molecule has 2 saturated heterocycles. The average molecular weight is 871 g/mol. The van der Waals surface area contributed by atoms with Crippen LogP contribution in [0.3, 0.4) is 0 Å². The number of hydrogen-bond donors (Lipinski definition) is 4. The summed E-state index contributed by atoms with van der Waals surface area (Å²) < 4.78 is 0. The maximum atomic E-state index is 13.2. The lowest BCUT2D eigenvalue weighted by molar-refractivity contribution is 0.185. The summed E-state index contributed by atoms with van der Waals surface area (Å²) in [5.74, 6) is 1.51. The van der Waals surface area contributed by atoms with Crippen LogP contribution < -0.4 is 21.3 Å². The number of amides is 4. The Balaban J connectivity index is 0.612. The van der Waals surface area contributed by atoms with Crippen LogP contribution in [0.5, 0.6) is 0 Å². The summed E-state index contributed by atoms with van der Waals surface area (Å²) in [5, 5.41) is 18.1. The quantitative estimate of drug-likeness (QED) is 0.0623. The number of benzene rings is 5. The normalized spacial score (nSPS) is 26.9. The Morgan fingerprint density at radius 1 is 0.431 bits per heavy atom. The van der Waals surface area contributed by atoms with Crippen LogP contribution in [0.1, 0.15) is 154 Å². The first-order valence-corrected chi connectivity index (χ1v) is 25.7. The highest BCUT2D eigenvalue weighted by Crippen LogP contribution is 2.54. The molecule has 5 aromatic carbocycles. The van der Waals surface area contributed by atoms with E-state index in [-0.39, 0.29) is 24.1 Å². The lowest BCUT2D eigenvalue weighted by Gasteiger charge is -2.31. The van der Waals surface area contributed by atoms with Crippen molar-refractivity contribution in [3.8, 4) is 0 Å². The van der Waals surface area contributed by atoms with Gasteiger partial charge in [-0.3, -0.25) is 9.80 Å². The van der Waals surface area contributed by atoms with Gasteiger partial charge in [-0.05, 0) is 189 Å². The summed E-state index contributed by atoms with van der Waals surface area (Å²) in [7, 11) is 0. The fraction of sp³-hybridized carbons (Fsp3) is 0.509. The van der Waals surface area contributed by atoms with Gasteiger partial charge in [0, 0.05) is 49.3 Å². The van der Waals surface area contributed by atoms with Crippen molar-refractivity contribution in [2.75, 3.05) is 26.2 Å². The molecule has 5 aromatic rings. The van der Waals surface area contributed by atoms with Gasteiger partial charge >= 0.3 is 12.1 Å². The summed E-state index contributed by atoms with van der Waals surface area (Å²) in [6.07, 6.45) is 19.4. The largest absolute Gasteiger partial charge is 0.338 e. The highest BCUT2D eigenvalue weighted by atomic mass is 16.2. The average Bonchev–Trinajstić information content (AvgIpc) is 4.11. The molecule has 0 spiro atoms. The molecule has 0 aromatic heterocycles. The Labute approximate surface area is 386 Å². The van der Waals surface area contributed by atoms with E-state index in [1.165, 1.54) is 110 Å². The molecule has 6 aliphatic rings. The fourth-order valence-corrected chi connectivity index (χ4v) is 13.9. The highest BCUT2D eigenvalue weighted by Gasteiger charge is 2.44. The van der Waals surface area contributed by atoms with E-state index in [4.69, 9.17) is 0 Å². The molecule has 2 aliphatic carbocycles. The molecule has 65 heavy (non-hydrogen) atoms. The van der Waals surface area contributed by atoms with E-state index < -0.39 is 0 Å². The smallest absolute Gasteiger partial charge is 0.315 e. The van der Waals surface area contributed by atoms with Crippen LogP contribution in [0.4, 0.5) is 9.59 Å². The van der Waals surface area contributed by atoms with Crippen LogP contribution in [0.2, 0.25) is 0 Å². The van der Waals surface area contributed by atoms with E-state index >= 15 is 0 Å².